The lowest BCUT2D eigenvalue weighted by atomic mass is 10.1. The number of anilines is 1. The Morgan fingerprint density at radius 1 is 1.24 bits per heavy atom. The molecule has 0 aliphatic carbocycles. The van der Waals surface area contributed by atoms with Crippen molar-refractivity contribution >= 4 is 23.5 Å². The first-order valence-electron chi connectivity index (χ1n) is 6.50. The van der Waals surface area contributed by atoms with Crippen molar-refractivity contribution in [3.05, 3.63) is 24.3 Å². The van der Waals surface area contributed by atoms with Gasteiger partial charge in [0.2, 0.25) is 0 Å². The molecule has 0 unspecified atom stereocenters. The van der Waals surface area contributed by atoms with Crippen molar-refractivity contribution in [1.29, 1.82) is 0 Å². The zero-order valence-corrected chi connectivity index (χ0v) is 12.0. The minimum Gasteiger partial charge on any atom is -0.382 e. The lowest BCUT2D eigenvalue weighted by Gasteiger charge is -2.31. The van der Waals surface area contributed by atoms with Gasteiger partial charge in [-0.25, -0.2) is 4.79 Å². The van der Waals surface area contributed by atoms with Gasteiger partial charge in [0.25, 0.3) is 0 Å². The van der Waals surface area contributed by atoms with Crippen molar-refractivity contribution in [3.63, 3.8) is 0 Å². The van der Waals surface area contributed by atoms with Gasteiger partial charge >= 0.3 is 11.5 Å². The Labute approximate surface area is 124 Å². The van der Waals surface area contributed by atoms with Crippen molar-refractivity contribution in [3.8, 4) is 0 Å². The van der Waals surface area contributed by atoms with E-state index in [2.05, 4.69) is 5.32 Å². The van der Waals surface area contributed by atoms with E-state index in [1.165, 1.54) is 12.1 Å². The number of nitrogens with two attached hydrogens (primary N) is 1. The highest BCUT2D eigenvalue weighted by atomic mass is 32.2. The van der Waals surface area contributed by atoms with E-state index in [4.69, 9.17) is 5.73 Å². The SMILES string of the molecule is NC(=O)N1CCC(Nc2ccc(SC(F)(F)F)cc2)CC1. The van der Waals surface area contributed by atoms with Gasteiger partial charge in [-0.1, -0.05) is 0 Å². The number of benzene rings is 1. The molecule has 1 aromatic carbocycles. The summed E-state index contributed by atoms with van der Waals surface area (Å²) in [4.78, 5) is 12.8. The summed E-state index contributed by atoms with van der Waals surface area (Å²) in [6.07, 6.45) is 1.53. The monoisotopic (exact) mass is 319 g/mol. The molecule has 1 heterocycles. The molecule has 0 spiro atoms. The number of nitrogens with zero attached hydrogens (tertiary/aromatic N) is 1. The number of carbonyl (C=O) groups excluding carboxylic acids is 1. The third-order valence-electron chi connectivity index (χ3n) is 3.27. The van der Waals surface area contributed by atoms with Crippen molar-refractivity contribution < 1.29 is 18.0 Å². The number of hydrogen-bond donors (Lipinski definition) is 2. The molecule has 0 radical (unpaired) electrons. The number of carbonyl (C=O) groups is 1. The van der Waals surface area contributed by atoms with E-state index in [-0.39, 0.29) is 22.7 Å². The highest BCUT2D eigenvalue weighted by Gasteiger charge is 2.29. The molecule has 2 rings (SSSR count). The summed E-state index contributed by atoms with van der Waals surface area (Å²) in [6.45, 7) is 1.18. The van der Waals surface area contributed by atoms with Crippen LogP contribution in [0.3, 0.4) is 0 Å². The molecule has 3 N–H and O–H groups in total. The summed E-state index contributed by atoms with van der Waals surface area (Å²) >= 11 is -0.127. The summed E-state index contributed by atoms with van der Waals surface area (Å²) in [5.41, 5.74) is 1.71. The van der Waals surface area contributed by atoms with Crippen LogP contribution in [0, 0.1) is 0 Å². The van der Waals surface area contributed by atoms with Crippen molar-refractivity contribution in [2.24, 2.45) is 5.73 Å². The van der Waals surface area contributed by atoms with E-state index >= 15 is 0 Å². The standard InChI is InChI=1S/C13H16F3N3OS/c14-13(15,16)21-11-3-1-9(2-4-11)18-10-5-7-19(8-6-10)12(17)20/h1-4,10,18H,5-8H2,(H2,17,20). The zero-order valence-electron chi connectivity index (χ0n) is 11.2. The zero-order chi connectivity index (χ0) is 15.5. The molecule has 4 nitrogen and oxygen atoms in total. The average molecular weight is 319 g/mol. The molecule has 116 valence electrons. The van der Waals surface area contributed by atoms with E-state index < -0.39 is 11.5 Å². The second kappa shape index (κ2) is 6.46. The van der Waals surface area contributed by atoms with Gasteiger partial charge in [0.15, 0.2) is 0 Å². The first kappa shape index (κ1) is 15.8. The number of rotatable bonds is 3. The number of alkyl halides is 3. The van der Waals surface area contributed by atoms with E-state index in [1.54, 1.807) is 17.0 Å². The fraction of sp³-hybridized carbons (Fsp3) is 0.462. The maximum Gasteiger partial charge on any atom is 0.446 e. The number of piperidine rings is 1. The minimum atomic E-state index is -4.27. The smallest absolute Gasteiger partial charge is 0.382 e. The molecule has 1 fully saturated rings. The van der Waals surface area contributed by atoms with E-state index in [0.29, 0.717) is 13.1 Å². The van der Waals surface area contributed by atoms with E-state index in [9.17, 15) is 18.0 Å². The van der Waals surface area contributed by atoms with Crippen LogP contribution in [0.15, 0.2) is 29.2 Å². The Hall–Kier alpha value is -1.57. The van der Waals surface area contributed by atoms with Gasteiger partial charge in [0.05, 0.1) is 0 Å². The second-order valence-electron chi connectivity index (χ2n) is 4.82. The number of halogens is 3. The number of urea groups is 1. The largest absolute Gasteiger partial charge is 0.446 e. The fourth-order valence-corrected chi connectivity index (χ4v) is 2.77. The Morgan fingerprint density at radius 2 is 1.81 bits per heavy atom. The molecular weight excluding hydrogens is 303 g/mol. The molecule has 0 bridgehead atoms. The van der Waals surface area contributed by atoms with Crippen LogP contribution in [-0.4, -0.2) is 35.6 Å². The molecule has 0 aromatic heterocycles. The van der Waals surface area contributed by atoms with E-state index in [0.717, 1.165) is 18.5 Å². The normalized spacial score (nSPS) is 16.8. The summed E-state index contributed by atoms with van der Waals surface area (Å²) in [7, 11) is 0. The lowest BCUT2D eigenvalue weighted by molar-refractivity contribution is -0.0328. The number of thioether (sulfide) groups is 1. The van der Waals surface area contributed by atoms with Crippen LogP contribution < -0.4 is 11.1 Å². The van der Waals surface area contributed by atoms with Crippen LogP contribution in [0.5, 0.6) is 0 Å². The molecule has 21 heavy (non-hydrogen) atoms. The van der Waals surface area contributed by atoms with Gasteiger partial charge in [-0.05, 0) is 48.9 Å². The van der Waals surface area contributed by atoms with Crippen molar-refractivity contribution in [2.75, 3.05) is 18.4 Å². The van der Waals surface area contributed by atoms with Crippen molar-refractivity contribution in [2.45, 2.75) is 29.3 Å². The minimum absolute atomic E-state index is 0.127. The predicted octanol–water partition coefficient (Wildman–Crippen LogP) is 3.25. The number of hydrogen-bond acceptors (Lipinski definition) is 3. The number of primary amides is 1. The first-order chi connectivity index (χ1) is 9.83. The molecule has 1 aromatic rings. The Kier molecular flexibility index (Phi) is 4.87. The van der Waals surface area contributed by atoms with Gasteiger partial charge in [-0.3, -0.25) is 0 Å². The Morgan fingerprint density at radius 3 is 2.29 bits per heavy atom. The lowest BCUT2D eigenvalue weighted by Crippen LogP contribution is -2.44. The molecule has 1 saturated heterocycles. The van der Waals surface area contributed by atoms with Crippen molar-refractivity contribution in [1.82, 2.24) is 4.90 Å². The first-order valence-corrected chi connectivity index (χ1v) is 7.32. The van der Waals surface area contributed by atoms with Gasteiger partial charge in [0, 0.05) is 29.7 Å². The molecule has 8 heteroatoms. The summed E-state index contributed by atoms with van der Waals surface area (Å²) < 4.78 is 36.7. The molecule has 1 aliphatic heterocycles. The van der Waals surface area contributed by atoms with Gasteiger partial charge in [-0.2, -0.15) is 13.2 Å². The summed E-state index contributed by atoms with van der Waals surface area (Å²) in [5.74, 6) is 0. The van der Waals surface area contributed by atoms with Crippen LogP contribution in [0.25, 0.3) is 0 Å². The van der Waals surface area contributed by atoms with Gasteiger partial charge in [0.1, 0.15) is 0 Å². The predicted molar refractivity (Wildman–Crippen MR) is 76.2 cm³/mol. The van der Waals surface area contributed by atoms with E-state index in [1.807, 2.05) is 0 Å². The Bertz CT molecular complexity index is 484. The van der Waals surface area contributed by atoms with Crippen LogP contribution >= 0.6 is 11.8 Å². The topological polar surface area (TPSA) is 58.4 Å². The third kappa shape index (κ3) is 5.04. The highest BCUT2D eigenvalue weighted by molar-refractivity contribution is 8.00. The fourth-order valence-electron chi connectivity index (χ4n) is 2.23. The van der Waals surface area contributed by atoms with Crippen LogP contribution in [0.2, 0.25) is 0 Å². The number of nitrogens with one attached hydrogen (secondary N) is 1. The molecule has 0 atom stereocenters. The second-order valence-corrected chi connectivity index (χ2v) is 5.95. The van der Waals surface area contributed by atoms with Gasteiger partial charge < -0.3 is 16.0 Å². The average Bonchev–Trinajstić information content (AvgIpc) is 2.40. The third-order valence-corrected chi connectivity index (χ3v) is 4.00. The van der Waals surface area contributed by atoms with Gasteiger partial charge in [-0.15, -0.1) is 0 Å². The van der Waals surface area contributed by atoms with Crippen LogP contribution in [0.4, 0.5) is 23.7 Å². The molecule has 1 aliphatic rings. The highest BCUT2D eigenvalue weighted by Crippen LogP contribution is 2.37. The number of amides is 2. The number of likely N-dealkylation sites (tertiary alicyclic amines) is 1. The summed E-state index contributed by atoms with van der Waals surface area (Å²) in [5, 5.41) is 3.26. The molecule has 2 amide bonds. The summed E-state index contributed by atoms with van der Waals surface area (Å²) in [6, 6.07) is 5.94. The Balaban J connectivity index is 1.85. The van der Waals surface area contributed by atoms with Crippen LogP contribution in [0.1, 0.15) is 12.8 Å². The maximum atomic E-state index is 12.2. The molecular formula is C13H16F3N3OS. The molecule has 0 saturated carbocycles. The maximum absolute atomic E-state index is 12.2. The van der Waals surface area contributed by atoms with Crippen LogP contribution in [-0.2, 0) is 0 Å². The quantitative estimate of drug-likeness (QED) is 0.841.